The van der Waals surface area contributed by atoms with E-state index in [9.17, 15) is 4.79 Å². The summed E-state index contributed by atoms with van der Waals surface area (Å²) in [7, 11) is 0. The molecule has 2 rings (SSSR count). The molecule has 1 aromatic heterocycles. The number of carboxylic acid groups (broad SMARTS) is 1. The molecule has 10 nitrogen and oxygen atoms in total. The first-order chi connectivity index (χ1) is 8.09. The van der Waals surface area contributed by atoms with Crippen molar-refractivity contribution < 1.29 is 9.90 Å². The molecular weight excluding hydrogens is 228 g/mol. The van der Waals surface area contributed by atoms with Crippen molar-refractivity contribution >= 4 is 29.0 Å². The van der Waals surface area contributed by atoms with Crippen LogP contribution < -0.4 is 11.2 Å². The van der Waals surface area contributed by atoms with E-state index >= 15 is 0 Å². The Morgan fingerprint density at radius 3 is 2.82 bits per heavy atom. The Morgan fingerprint density at radius 1 is 1.47 bits per heavy atom. The van der Waals surface area contributed by atoms with Gasteiger partial charge < -0.3 is 10.8 Å². The number of hydrogen-bond donors (Lipinski definition) is 4. The first-order valence-corrected chi connectivity index (χ1v) is 4.46. The van der Waals surface area contributed by atoms with Crippen molar-refractivity contribution in [3.8, 4) is 0 Å². The van der Waals surface area contributed by atoms with Crippen LogP contribution in [0.25, 0.3) is 0 Å². The molecule has 0 saturated carbocycles. The zero-order chi connectivity index (χ0) is 12.4. The largest absolute Gasteiger partial charge is 0.476 e. The second-order valence-corrected chi connectivity index (χ2v) is 3.07. The van der Waals surface area contributed by atoms with Crippen LogP contribution in [0.3, 0.4) is 0 Å². The molecule has 0 atom stereocenters. The van der Waals surface area contributed by atoms with E-state index in [0.717, 1.165) is 0 Å². The summed E-state index contributed by atoms with van der Waals surface area (Å²) in [5.74, 6) is -1.09. The predicted molar refractivity (Wildman–Crippen MR) is 59.1 cm³/mol. The number of aromatic carboxylic acids is 1. The van der Waals surface area contributed by atoms with Crippen LogP contribution in [0.1, 0.15) is 17.4 Å². The lowest BCUT2D eigenvalue weighted by molar-refractivity contribution is 0.0691. The number of hydrogen-bond acceptors (Lipinski definition) is 8. The van der Waals surface area contributed by atoms with Crippen molar-refractivity contribution in [2.75, 3.05) is 5.43 Å². The van der Waals surface area contributed by atoms with Crippen LogP contribution in [-0.4, -0.2) is 43.7 Å². The number of anilines is 1. The Morgan fingerprint density at radius 2 is 2.24 bits per heavy atom. The molecule has 1 aliphatic rings. The van der Waals surface area contributed by atoms with Crippen molar-refractivity contribution in [1.29, 1.82) is 0 Å². The monoisotopic (exact) mass is 236 g/mol. The molecule has 17 heavy (non-hydrogen) atoms. The van der Waals surface area contributed by atoms with E-state index in [0.29, 0.717) is 11.4 Å². The lowest BCUT2D eigenvalue weighted by Crippen LogP contribution is -2.26. The Bertz CT molecular complexity index is 534. The minimum atomic E-state index is -1.22. The van der Waals surface area contributed by atoms with E-state index in [1.54, 1.807) is 6.92 Å². The second kappa shape index (κ2) is 4.00. The number of aromatic nitrogens is 3. The highest BCUT2D eigenvalue weighted by atomic mass is 16.4. The molecule has 0 spiro atoms. The summed E-state index contributed by atoms with van der Waals surface area (Å²) in [4.78, 5) is 10.7. The zero-order valence-electron chi connectivity index (χ0n) is 8.67. The van der Waals surface area contributed by atoms with Crippen molar-refractivity contribution in [2.24, 2.45) is 21.0 Å². The van der Waals surface area contributed by atoms with Crippen LogP contribution in [0.5, 0.6) is 0 Å². The third-order valence-electron chi connectivity index (χ3n) is 1.92. The van der Waals surface area contributed by atoms with Crippen LogP contribution in [0.2, 0.25) is 0 Å². The summed E-state index contributed by atoms with van der Waals surface area (Å²) in [6, 6.07) is 0. The third-order valence-corrected chi connectivity index (χ3v) is 1.92. The fourth-order valence-corrected chi connectivity index (χ4v) is 1.11. The van der Waals surface area contributed by atoms with E-state index in [2.05, 4.69) is 36.1 Å². The van der Waals surface area contributed by atoms with Crippen LogP contribution in [0.15, 0.2) is 15.3 Å². The number of amidine groups is 1. The van der Waals surface area contributed by atoms with Gasteiger partial charge >= 0.3 is 5.97 Å². The average Bonchev–Trinajstić information content (AvgIpc) is 2.85. The Kier molecular flexibility index (Phi) is 2.52. The van der Waals surface area contributed by atoms with Crippen LogP contribution in [-0.2, 0) is 0 Å². The SMILES string of the molecule is CC1=NN=C(N)/C1=N/Nc1n[nH]nc1C(=O)O. The zero-order valence-corrected chi connectivity index (χ0v) is 8.67. The highest BCUT2D eigenvalue weighted by molar-refractivity contribution is 6.69. The van der Waals surface area contributed by atoms with Gasteiger partial charge in [-0.15, -0.1) is 15.3 Å². The van der Waals surface area contributed by atoms with Gasteiger partial charge in [-0.3, -0.25) is 5.43 Å². The smallest absolute Gasteiger partial charge is 0.360 e. The van der Waals surface area contributed by atoms with E-state index in [1.165, 1.54) is 0 Å². The summed E-state index contributed by atoms with van der Waals surface area (Å²) < 4.78 is 0. The fourth-order valence-electron chi connectivity index (χ4n) is 1.11. The van der Waals surface area contributed by atoms with Gasteiger partial charge in [-0.2, -0.15) is 15.4 Å². The van der Waals surface area contributed by atoms with E-state index < -0.39 is 5.97 Å². The van der Waals surface area contributed by atoms with Crippen molar-refractivity contribution in [3.63, 3.8) is 0 Å². The van der Waals surface area contributed by atoms with Gasteiger partial charge in [-0.1, -0.05) is 0 Å². The van der Waals surface area contributed by atoms with Gasteiger partial charge in [-0.25, -0.2) is 4.79 Å². The second-order valence-electron chi connectivity index (χ2n) is 3.07. The van der Waals surface area contributed by atoms with Crippen molar-refractivity contribution in [1.82, 2.24) is 15.4 Å². The molecule has 1 aliphatic heterocycles. The first-order valence-electron chi connectivity index (χ1n) is 4.46. The molecule has 2 heterocycles. The number of nitrogens with two attached hydrogens (primary N) is 1. The maximum Gasteiger partial charge on any atom is 0.360 e. The molecule has 5 N–H and O–H groups in total. The molecule has 0 aliphatic carbocycles. The Balaban J connectivity index is 2.20. The molecule has 0 bridgehead atoms. The lowest BCUT2D eigenvalue weighted by Gasteiger charge is -1.99. The summed E-state index contributed by atoms with van der Waals surface area (Å²) in [5, 5.41) is 29.2. The standard InChI is InChI=1S/C7H8N8O2/c1-2-3(5(8)12-9-2)10-13-6-4(7(16)17)11-15-14-6/h1H3,(H,16,17)(H2,8,10,12)(H2,11,13,14,15). The number of nitrogens with one attached hydrogen (secondary N) is 2. The molecule has 0 aromatic carbocycles. The van der Waals surface area contributed by atoms with Gasteiger partial charge in [0.25, 0.3) is 0 Å². The van der Waals surface area contributed by atoms with Crippen LogP contribution in [0.4, 0.5) is 5.82 Å². The summed E-state index contributed by atoms with van der Waals surface area (Å²) in [6.07, 6.45) is 0. The number of carboxylic acids is 1. The van der Waals surface area contributed by atoms with Gasteiger partial charge in [0, 0.05) is 0 Å². The third kappa shape index (κ3) is 1.95. The highest BCUT2D eigenvalue weighted by Gasteiger charge is 2.18. The number of aromatic amines is 1. The number of hydrazone groups is 1. The lowest BCUT2D eigenvalue weighted by atomic mass is 10.2. The van der Waals surface area contributed by atoms with Crippen LogP contribution >= 0.6 is 0 Å². The maximum absolute atomic E-state index is 10.7. The van der Waals surface area contributed by atoms with Crippen molar-refractivity contribution in [3.05, 3.63) is 5.69 Å². The molecule has 0 unspecified atom stereocenters. The summed E-state index contributed by atoms with van der Waals surface area (Å²) >= 11 is 0. The number of nitrogens with zero attached hydrogens (tertiary/aromatic N) is 5. The Labute approximate surface area is 94.3 Å². The molecule has 0 radical (unpaired) electrons. The number of H-pyrrole nitrogens is 1. The van der Waals surface area contributed by atoms with Gasteiger partial charge in [0.2, 0.25) is 11.5 Å². The fraction of sp³-hybridized carbons (Fsp3) is 0.143. The van der Waals surface area contributed by atoms with Gasteiger partial charge in [-0.05, 0) is 6.92 Å². The normalized spacial score (nSPS) is 16.9. The maximum atomic E-state index is 10.7. The van der Waals surface area contributed by atoms with E-state index in [4.69, 9.17) is 10.8 Å². The minimum Gasteiger partial charge on any atom is -0.476 e. The molecule has 0 amide bonds. The topological polar surface area (TPSA) is 154 Å². The predicted octanol–water partition coefficient (Wildman–Crippen LogP) is -0.982. The van der Waals surface area contributed by atoms with Crippen LogP contribution in [0, 0.1) is 0 Å². The summed E-state index contributed by atoms with van der Waals surface area (Å²) in [6.45, 7) is 1.67. The molecule has 10 heteroatoms. The van der Waals surface area contributed by atoms with E-state index in [-0.39, 0.29) is 17.3 Å². The molecule has 1 aromatic rings. The quantitative estimate of drug-likeness (QED) is 0.494. The number of carbonyl (C=O) groups is 1. The van der Waals surface area contributed by atoms with Crippen molar-refractivity contribution in [2.45, 2.75) is 6.92 Å². The molecular formula is C7H8N8O2. The minimum absolute atomic E-state index is 0.0162. The van der Waals surface area contributed by atoms with E-state index in [1.807, 2.05) is 0 Å². The highest BCUT2D eigenvalue weighted by Crippen LogP contribution is 2.07. The number of rotatable bonds is 3. The molecule has 0 saturated heterocycles. The van der Waals surface area contributed by atoms with Gasteiger partial charge in [0.05, 0.1) is 5.71 Å². The molecule has 88 valence electrons. The Hall–Kier alpha value is -2.78. The summed E-state index contributed by atoms with van der Waals surface area (Å²) in [5.41, 5.74) is 8.54. The van der Waals surface area contributed by atoms with Gasteiger partial charge in [0.1, 0.15) is 0 Å². The first kappa shape index (κ1) is 10.7. The average molecular weight is 236 g/mol. The van der Waals surface area contributed by atoms with Gasteiger partial charge in [0.15, 0.2) is 11.5 Å². The molecule has 0 fully saturated rings.